The van der Waals surface area contributed by atoms with E-state index in [-0.39, 0.29) is 5.75 Å². The molecule has 44 heavy (non-hydrogen) atoms. The molecule has 0 fully saturated rings. The number of aromatic amines is 1. The molecule has 5 aromatic rings. The van der Waals surface area contributed by atoms with Crippen molar-refractivity contribution in [3.8, 4) is 11.5 Å². The summed E-state index contributed by atoms with van der Waals surface area (Å²) in [5, 5.41) is 5.20. The van der Waals surface area contributed by atoms with E-state index in [2.05, 4.69) is 19.9 Å². The third kappa shape index (κ3) is 7.06. The second-order valence-corrected chi connectivity index (χ2v) is 11.3. The molecule has 3 aromatic carbocycles. The lowest BCUT2D eigenvalue weighted by atomic mass is 9.92. The minimum absolute atomic E-state index is 0.290. The third-order valence-electron chi connectivity index (χ3n) is 7.88. The second kappa shape index (κ2) is 14.0. The van der Waals surface area contributed by atoms with Crippen LogP contribution in [0.25, 0.3) is 10.9 Å². The third-order valence-corrected chi connectivity index (χ3v) is 8.12. The van der Waals surface area contributed by atoms with Crippen LogP contribution in [0, 0.1) is 5.82 Å². The van der Waals surface area contributed by atoms with Gasteiger partial charge in [-0.25, -0.2) is 14.2 Å². The van der Waals surface area contributed by atoms with E-state index < -0.39 is 18.0 Å². The molecule has 1 atom stereocenters. The Balaban J connectivity index is 1.09. The van der Waals surface area contributed by atoms with Crippen LogP contribution in [0.1, 0.15) is 42.1 Å². The highest BCUT2D eigenvalue weighted by atomic mass is 35.5. The fourth-order valence-corrected chi connectivity index (χ4v) is 5.86. The molecule has 228 valence electrons. The maximum Gasteiger partial charge on any atom is 0.416 e. The predicted octanol–water partition coefficient (Wildman–Crippen LogP) is 7.14. The number of imidazole rings is 1. The number of aromatic nitrogens is 3. The van der Waals surface area contributed by atoms with Crippen molar-refractivity contribution < 1.29 is 18.7 Å². The van der Waals surface area contributed by atoms with Gasteiger partial charge in [-0.05, 0) is 104 Å². The summed E-state index contributed by atoms with van der Waals surface area (Å²) >= 11 is 6.33. The number of rotatable bonds is 12. The van der Waals surface area contributed by atoms with E-state index in [1.165, 1.54) is 24.3 Å². The van der Waals surface area contributed by atoms with Crippen LogP contribution in [0.4, 0.5) is 9.18 Å². The molecular weight excluding hydrogens is 581 g/mol. The number of H-pyrrole nitrogens is 1. The fourth-order valence-electron chi connectivity index (χ4n) is 5.69. The van der Waals surface area contributed by atoms with Gasteiger partial charge in [0.2, 0.25) is 0 Å². The van der Waals surface area contributed by atoms with E-state index in [1.807, 2.05) is 55.0 Å². The highest BCUT2D eigenvalue weighted by Crippen LogP contribution is 2.40. The Hall–Kier alpha value is -4.34. The predicted molar refractivity (Wildman–Crippen MR) is 169 cm³/mol. The summed E-state index contributed by atoms with van der Waals surface area (Å²) in [4.78, 5) is 22.8. The van der Waals surface area contributed by atoms with E-state index >= 15 is 0 Å². The van der Waals surface area contributed by atoms with Crippen LogP contribution in [-0.4, -0.2) is 51.8 Å². The Morgan fingerprint density at radius 2 is 1.82 bits per heavy atom. The quantitative estimate of drug-likeness (QED) is 0.146. The molecule has 0 spiro atoms. The Bertz CT molecular complexity index is 1670. The molecule has 1 unspecified atom stereocenters. The minimum atomic E-state index is -0.500. The first-order chi connectivity index (χ1) is 21.5. The number of unbranched alkanes of at least 4 members (excludes halogenated alkanes) is 1. The average Bonchev–Trinajstić information content (AvgIpc) is 3.69. The van der Waals surface area contributed by atoms with Gasteiger partial charge in [-0.15, -0.1) is 0 Å². The highest BCUT2D eigenvalue weighted by Gasteiger charge is 2.35. The standard InChI is InChI=1S/C34H35ClFN5O3/c35-25-6-13-31-30(22-25)29-14-19-41(34(42)44-28-11-7-26(36)8-12-28)33(32(29)39-31)24-4-9-27(10-5-24)43-21-2-1-15-37-16-3-18-40-20-17-38-23-40/h4-13,17,20,22-23,33,37,39H,1-3,14-16,18-19,21H2. The van der Waals surface area contributed by atoms with Crippen molar-refractivity contribution in [2.24, 2.45) is 0 Å². The Kier molecular flexibility index (Phi) is 9.43. The summed E-state index contributed by atoms with van der Waals surface area (Å²) in [7, 11) is 0. The van der Waals surface area contributed by atoms with Crippen molar-refractivity contribution in [2.75, 3.05) is 26.2 Å². The molecule has 6 rings (SSSR count). The highest BCUT2D eigenvalue weighted by molar-refractivity contribution is 6.31. The number of halogens is 2. The zero-order chi connectivity index (χ0) is 30.3. The van der Waals surface area contributed by atoms with Gasteiger partial charge in [0.05, 0.1) is 12.9 Å². The van der Waals surface area contributed by atoms with Crippen molar-refractivity contribution in [3.63, 3.8) is 0 Å². The van der Waals surface area contributed by atoms with E-state index in [1.54, 1.807) is 11.1 Å². The summed E-state index contributed by atoms with van der Waals surface area (Å²) in [6.45, 7) is 3.97. The molecule has 0 aliphatic carbocycles. The van der Waals surface area contributed by atoms with Crippen LogP contribution in [0.3, 0.4) is 0 Å². The van der Waals surface area contributed by atoms with Crippen molar-refractivity contribution in [1.29, 1.82) is 0 Å². The Morgan fingerprint density at radius 3 is 2.61 bits per heavy atom. The van der Waals surface area contributed by atoms with Gasteiger partial charge in [-0.1, -0.05) is 23.7 Å². The SMILES string of the molecule is O=C(Oc1ccc(F)cc1)N1CCc2c([nH]c3ccc(Cl)cc23)C1c1ccc(OCCCCNCCCn2ccnc2)cc1. The molecule has 0 bridgehead atoms. The van der Waals surface area contributed by atoms with Crippen molar-refractivity contribution in [3.05, 3.63) is 113 Å². The number of nitrogens with zero attached hydrogens (tertiary/aromatic N) is 3. The van der Waals surface area contributed by atoms with Crippen LogP contribution in [0.5, 0.6) is 11.5 Å². The molecule has 1 aliphatic rings. The Labute approximate surface area is 260 Å². The summed E-state index contributed by atoms with van der Waals surface area (Å²) < 4.78 is 27.2. The number of fused-ring (bicyclic) bond motifs is 3. The van der Waals surface area contributed by atoms with Crippen LogP contribution in [0.2, 0.25) is 5.02 Å². The number of benzene rings is 3. The fraction of sp³-hybridized carbons (Fsp3) is 0.294. The second-order valence-electron chi connectivity index (χ2n) is 10.9. The number of ether oxygens (including phenoxy) is 2. The topological polar surface area (TPSA) is 84.4 Å². The first-order valence-electron chi connectivity index (χ1n) is 15.0. The minimum Gasteiger partial charge on any atom is -0.494 e. The van der Waals surface area contributed by atoms with Gasteiger partial charge in [0.25, 0.3) is 0 Å². The largest absolute Gasteiger partial charge is 0.494 e. The molecule has 2 N–H and O–H groups in total. The van der Waals surface area contributed by atoms with Crippen LogP contribution < -0.4 is 14.8 Å². The average molecular weight is 616 g/mol. The van der Waals surface area contributed by atoms with Crippen molar-refractivity contribution in [2.45, 2.75) is 38.3 Å². The van der Waals surface area contributed by atoms with Gasteiger partial charge in [0.1, 0.15) is 23.4 Å². The molecule has 10 heteroatoms. The van der Waals surface area contributed by atoms with Crippen LogP contribution in [-0.2, 0) is 13.0 Å². The molecular formula is C34H35ClFN5O3. The maximum absolute atomic E-state index is 13.5. The zero-order valence-electron chi connectivity index (χ0n) is 24.3. The molecule has 0 saturated carbocycles. The van der Waals surface area contributed by atoms with Gasteiger partial charge in [0.15, 0.2) is 0 Å². The van der Waals surface area contributed by atoms with Gasteiger partial charge in [-0.3, -0.25) is 4.90 Å². The molecule has 1 aliphatic heterocycles. The van der Waals surface area contributed by atoms with Gasteiger partial charge in [-0.2, -0.15) is 0 Å². The number of carbonyl (C=O) groups excluding carboxylic acids is 1. The molecule has 2 aromatic heterocycles. The molecule has 0 saturated heterocycles. The molecule has 3 heterocycles. The number of amides is 1. The molecule has 1 amide bonds. The van der Waals surface area contributed by atoms with Gasteiger partial charge < -0.3 is 24.3 Å². The number of carbonyl (C=O) groups is 1. The van der Waals surface area contributed by atoms with E-state index in [0.29, 0.717) is 24.6 Å². The number of hydrogen-bond donors (Lipinski definition) is 2. The summed E-state index contributed by atoms with van der Waals surface area (Å²) in [5.74, 6) is 0.679. The normalized spacial score (nSPS) is 14.5. The lowest BCUT2D eigenvalue weighted by Gasteiger charge is -2.35. The van der Waals surface area contributed by atoms with Crippen LogP contribution >= 0.6 is 11.6 Å². The zero-order valence-corrected chi connectivity index (χ0v) is 25.1. The van der Waals surface area contributed by atoms with Gasteiger partial charge in [0, 0.05) is 47.1 Å². The maximum atomic E-state index is 13.5. The number of hydrogen-bond acceptors (Lipinski definition) is 5. The smallest absolute Gasteiger partial charge is 0.416 e. The van der Waals surface area contributed by atoms with Gasteiger partial charge >= 0.3 is 6.09 Å². The first-order valence-corrected chi connectivity index (χ1v) is 15.4. The monoisotopic (exact) mass is 615 g/mol. The molecule has 8 nitrogen and oxygen atoms in total. The van der Waals surface area contributed by atoms with Crippen molar-refractivity contribution >= 4 is 28.6 Å². The lowest BCUT2D eigenvalue weighted by Crippen LogP contribution is -2.42. The lowest BCUT2D eigenvalue weighted by molar-refractivity contribution is 0.135. The van der Waals surface area contributed by atoms with E-state index in [9.17, 15) is 9.18 Å². The first kappa shape index (κ1) is 29.7. The van der Waals surface area contributed by atoms with Crippen LogP contribution in [0.15, 0.2) is 85.5 Å². The van der Waals surface area contributed by atoms with E-state index in [0.717, 1.165) is 72.4 Å². The summed E-state index contributed by atoms with van der Waals surface area (Å²) in [6, 6.07) is 18.7. The molecule has 0 radical (unpaired) electrons. The number of aryl methyl sites for hydroxylation is 1. The van der Waals surface area contributed by atoms with Crippen molar-refractivity contribution in [1.82, 2.24) is 24.8 Å². The Morgan fingerprint density at radius 1 is 1.02 bits per heavy atom. The van der Waals surface area contributed by atoms with E-state index in [4.69, 9.17) is 21.1 Å². The summed E-state index contributed by atoms with van der Waals surface area (Å²) in [6.07, 6.45) is 8.81. The number of nitrogens with one attached hydrogen (secondary N) is 2. The summed E-state index contributed by atoms with van der Waals surface area (Å²) in [5.41, 5.74) is 3.95.